The quantitative estimate of drug-likeness (QED) is 0.154. The van der Waals surface area contributed by atoms with Crippen molar-refractivity contribution in [2.24, 2.45) is 5.92 Å². The largest absolute Gasteiger partial charge is 0.396 e. The zero-order valence-corrected chi connectivity index (χ0v) is 27.8. The number of aliphatic hydroxyl groups excluding tert-OH is 1. The Morgan fingerprint density at radius 1 is 1.07 bits per heavy atom. The number of unbranched alkanes of at least 4 members (excludes halogenated alkanes) is 2. The first-order valence-electron chi connectivity index (χ1n) is 16.7. The summed E-state index contributed by atoms with van der Waals surface area (Å²) in [7, 11) is 0. The fourth-order valence-electron chi connectivity index (χ4n) is 5.76. The number of rotatable bonds is 18. The molecule has 5 N–H and O–H groups in total. The second kappa shape index (κ2) is 17.8. The highest BCUT2D eigenvalue weighted by Crippen LogP contribution is 2.25. The molecule has 2 aromatic heterocycles. The van der Waals surface area contributed by atoms with E-state index in [1.54, 1.807) is 6.92 Å². The summed E-state index contributed by atoms with van der Waals surface area (Å²) in [5.41, 5.74) is 11.6. The van der Waals surface area contributed by atoms with E-state index in [2.05, 4.69) is 68.3 Å². The van der Waals surface area contributed by atoms with Gasteiger partial charge in [-0.25, -0.2) is 4.98 Å². The Morgan fingerprint density at radius 3 is 2.61 bits per heavy atom. The highest BCUT2D eigenvalue weighted by atomic mass is 16.5. The Morgan fingerprint density at radius 2 is 1.87 bits per heavy atom. The van der Waals surface area contributed by atoms with Gasteiger partial charge in [-0.2, -0.15) is 4.98 Å². The number of hydrogen-bond donors (Lipinski definition) is 4. The number of nitrogens with one attached hydrogen (secondary N) is 2. The van der Waals surface area contributed by atoms with Gasteiger partial charge in [0, 0.05) is 71.1 Å². The standard InChI is InChI=1S/C34H52N8O4/c1-4-5-6-12-36-32-31-29(38-34(35)39-32)9-14-42(31)24-28-8-7-27(22-26(28)3)23-40-15-17-41(18-16-40)30(44)11-20-46-21-13-37-33(45)25(2)10-19-43/h7-9,14,22,25,43H,4-6,10-13,15-21,23-24H2,1-3H3,(H,37,45)(H3,35,36,38,39). The van der Waals surface area contributed by atoms with Crippen LogP contribution in [0.25, 0.3) is 11.0 Å². The Bertz CT molecular complexity index is 1420. The van der Waals surface area contributed by atoms with Crippen molar-refractivity contribution in [2.75, 3.05) is 70.1 Å². The number of piperazine rings is 1. The molecule has 1 saturated heterocycles. The predicted octanol–water partition coefficient (Wildman–Crippen LogP) is 3.16. The lowest BCUT2D eigenvalue weighted by Crippen LogP contribution is -2.48. The lowest BCUT2D eigenvalue weighted by atomic mass is 10.0. The molecule has 2 amide bonds. The number of benzene rings is 1. The van der Waals surface area contributed by atoms with E-state index in [0.717, 1.165) is 56.0 Å². The molecule has 46 heavy (non-hydrogen) atoms. The number of ether oxygens (including phenoxy) is 1. The van der Waals surface area contributed by atoms with E-state index in [1.165, 1.54) is 29.5 Å². The van der Waals surface area contributed by atoms with Gasteiger partial charge < -0.3 is 35.7 Å². The lowest BCUT2D eigenvalue weighted by molar-refractivity contribution is -0.134. The molecule has 4 rings (SSSR count). The summed E-state index contributed by atoms with van der Waals surface area (Å²) in [6, 6.07) is 8.68. The van der Waals surface area contributed by atoms with Gasteiger partial charge in [0.05, 0.1) is 25.2 Å². The van der Waals surface area contributed by atoms with Gasteiger partial charge >= 0.3 is 0 Å². The molecular formula is C34H52N8O4. The summed E-state index contributed by atoms with van der Waals surface area (Å²) in [5.74, 6) is 0.852. The molecule has 0 aliphatic carbocycles. The van der Waals surface area contributed by atoms with Crippen LogP contribution in [-0.2, 0) is 27.4 Å². The molecule has 0 saturated carbocycles. The minimum Gasteiger partial charge on any atom is -0.396 e. The number of anilines is 2. The van der Waals surface area contributed by atoms with E-state index in [9.17, 15) is 9.59 Å². The van der Waals surface area contributed by atoms with Crippen molar-refractivity contribution >= 4 is 34.6 Å². The molecule has 3 aromatic rings. The fourth-order valence-corrected chi connectivity index (χ4v) is 5.76. The number of carbonyl (C=O) groups is 2. The van der Waals surface area contributed by atoms with Crippen LogP contribution >= 0.6 is 0 Å². The molecule has 1 unspecified atom stereocenters. The monoisotopic (exact) mass is 636 g/mol. The van der Waals surface area contributed by atoms with Gasteiger partial charge in [0.15, 0.2) is 5.82 Å². The second-order valence-electron chi connectivity index (χ2n) is 12.2. The molecular weight excluding hydrogens is 584 g/mol. The highest BCUT2D eigenvalue weighted by Gasteiger charge is 2.21. The minimum absolute atomic E-state index is 0.00621. The van der Waals surface area contributed by atoms with Gasteiger partial charge in [0.25, 0.3) is 0 Å². The Labute approximate surface area is 272 Å². The van der Waals surface area contributed by atoms with Gasteiger partial charge in [0.1, 0.15) is 5.52 Å². The van der Waals surface area contributed by atoms with Crippen molar-refractivity contribution < 1.29 is 19.4 Å². The van der Waals surface area contributed by atoms with Crippen molar-refractivity contribution in [1.29, 1.82) is 0 Å². The van der Waals surface area contributed by atoms with Crippen molar-refractivity contribution in [3.8, 4) is 0 Å². The first-order chi connectivity index (χ1) is 22.3. The molecule has 1 aliphatic rings. The normalized spacial score (nSPS) is 14.5. The number of hydrogen-bond acceptors (Lipinski definition) is 9. The van der Waals surface area contributed by atoms with Crippen LogP contribution in [0.4, 0.5) is 11.8 Å². The third kappa shape index (κ3) is 10.1. The highest BCUT2D eigenvalue weighted by molar-refractivity contribution is 5.87. The molecule has 0 bridgehead atoms. The predicted molar refractivity (Wildman–Crippen MR) is 181 cm³/mol. The van der Waals surface area contributed by atoms with Gasteiger partial charge in [-0.05, 0) is 42.5 Å². The number of nitrogens with two attached hydrogens (primary N) is 1. The summed E-state index contributed by atoms with van der Waals surface area (Å²) in [6.45, 7) is 12.7. The number of aromatic nitrogens is 3. The first kappa shape index (κ1) is 35.1. The molecule has 3 heterocycles. The molecule has 1 atom stereocenters. The number of nitrogens with zero attached hydrogens (tertiary/aromatic N) is 5. The number of aryl methyl sites for hydroxylation is 1. The van der Waals surface area contributed by atoms with Crippen molar-refractivity contribution in [1.82, 2.24) is 29.7 Å². The summed E-state index contributed by atoms with van der Waals surface area (Å²) >= 11 is 0. The third-order valence-electron chi connectivity index (χ3n) is 8.60. The van der Waals surface area contributed by atoms with Gasteiger partial charge in [0.2, 0.25) is 17.8 Å². The molecule has 1 aliphatic heterocycles. The minimum atomic E-state index is -0.224. The maximum absolute atomic E-state index is 12.7. The summed E-state index contributed by atoms with van der Waals surface area (Å²) in [5, 5.41) is 15.2. The van der Waals surface area contributed by atoms with Crippen molar-refractivity contribution in [3.63, 3.8) is 0 Å². The van der Waals surface area contributed by atoms with E-state index in [-0.39, 0.29) is 30.3 Å². The lowest BCUT2D eigenvalue weighted by Gasteiger charge is -2.35. The fraction of sp³-hybridized carbons (Fsp3) is 0.588. The first-order valence-corrected chi connectivity index (χ1v) is 16.7. The molecule has 1 aromatic carbocycles. The van der Waals surface area contributed by atoms with Gasteiger partial charge in [-0.15, -0.1) is 0 Å². The van der Waals surface area contributed by atoms with Crippen LogP contribution in [-0.4, -0.2) is 100 Å². The smallest absolute Gasteiger partial charge is 0.224 e. The maximum Gasteiger partial charge on any atom is 0.224 e. The van der Waals surface area contributed by atoms with Crippen LogP contribution in [0.15, 0.2) is 30.5 Å². The molecule has 1 fully saturated rings. The zero-order valence-electron chi connectivity index (χ0n) is 27.8. The number of fused-ring (bicyclic) bond motifs is 1. The molecule has 12 heteroatoms. The zero-order chi connectivity index (χ0) is 32.9. The number of carbonyl (C=O) groups excluding carboxylic acids is 2. The van der Waals surface area contributed by atoms with Crippen LogP contribution in [0.1, 0.15) is 62.6 Å². The summed E-state index contributed by atoms with van der Waals surface area (Å²) in [6.07, 6.45) is 6.25. The molecule has 12 nitrogen and oxygen atoms in total. The van der Waals surface area contributed by atoms with Crippen LogP contribution < -0.4 is 16.4 Å². The molecule has 0 radical (unpaired) electrons. The molecule has 252 valence electrons. The SMILES string of the molecule is CCCCCNc1nc(N)nc2ccn(Cc3ccc(CN4CCN(C(=O)CCOCCNC(=O)C(C)CCO)CC4)cc3C)c12. The Hall–Kier alpha value is -3.74. The average Bonchev–Trinajstić information content (AvgIpc) is 3.44. The number of aliphatic hydroxyl groups is 1. The van der Waals surface area contributed by atoms with Crippen LogP contribution in [0, 0.1) is 12.8 Å². The summed E-state index contributed by atoms with van der Waals surface area (Å²) < 4.78 is 7.75. The van der Waals surface area contributed by atoms with Crippen LogP contribution in [0.5, 0.6) is 0 Å². The van der Waals surface area contributed by atoms with Gasteiger partial charge in [-0.1, -0.05) is 44.9 Å². The Kier molecular flexibility index (Phi) is 13.6. The van der Waals surface area contributed by atoms with E-state index in [1.807, 2.05) is 11.0 Å². The number of amides is 2. The third-order valence-corrected chi connectivity index (χ3v) is 8.60. The average molecular weight is 637 g/mol. The van der Waals surface area contributed by atoms with E-state index in [0.29, 0.717) is 45.7 Å². The van der Waals surface area contributed by atoms with E-state index in [4.69, 9.17) is 15.6 Å². The molecule has 0 spiro atoms. The topological polar surface area (TPSA) is 151 Å². The van der Waals surface area contributed by atoms with Crippen molar-refractivity contribution in [2.45, 2.75) is 66.0 Å². The Balaban J connectivity index is 1.21. The van der Waals surface area contributed by atoms with E-state index < -0.39 is 0 Å². The van der Waals surface area contributed by atoms with Crippen molar-refractivity contribution in [3.05, 3.63) is 47.2 Å². The van der Waals surface area contributed by atoms with Crippen LogP contribution in [0.3, 0.4) is 0 Å². The summed E-state index contributed by atoms with van der Waals surface area (Å²) in [4.78, 5) is 37.8. The van der Waals surface area contributed by atoms with Gasteiger partial charge in [-0.3, -0.25) is 14.5 Å². The second-order valence-corrected chi connectivity index (χ2v) is 12.2. The van der Waals surface area contributed by atoms with E-state index >= 15 is 0 Å². The maximum atomic E-state index is 12.7. The van der Waals surface area contributed by atoms with Crippen LogP contribution in [0.2, 0.25) is 0 Å². The number of nitrogen functional groups attached to an aromatic ring is 1.